The topological polar surface area (TPSA) is 63.2 Å². The summed E-state index contributed by atoms with van der Waals surface area (Å²) < 4.78 is 41.6. The van der Waals surface area contributed by atoms with Gasteiger partial charge in [0.25, 0.3) is 0 Å². The Kier molecular flexibility index (Phi) is 5.40. The summed E-state index contributed by atoms with van der Waals surface area (Å²) >= 11 is 0. The Morgan fingerprint density at radius 3 is 2.65 bits per heavy atom. The van der Waals surface area contributed by atoms with Crippen LogP contribution in [0.5, 0.6) is 5.75 Å². The van der Waals surface area contributed by atoms with Crippen LogP contribution < -0.4 is 15.4 Å². The van der Waals surface area contributed by atoms with Gasteiger partial charge >= 0.3 is 12.6 Å². The average Bonchev–Trinajstić information content (AvgIpc) is 2.50. The van der Waals surface area contributed by atoms with Crippen molar-refractivity contribution in [2.75, 3.05) is 5.32 Å². The molecule has 0 spiro atoms. The van der Waals surface area contributed by atoms with E-state index < -0.39 is 24.2 Å². The van der Waals surface area contributed by atoms with Gasteiger partial charge in [-0.1, -0.05) is 6.07 Å². The fraction of sp³-hybridized carbons (Fsp3) is 0.200. The number of rotatable bonds is 5. The molecule has 122 valence electrons. The Balaban J connectivity index is 1.96. The predicted octanol–water partition coefficient (Wildman–Crippen LogP) is 3.70. The maximum atomic E-state index is 13.5. The number of benzene rings is 1. The zero-order valence-electron chi connectivity index (χ0n) is 12.1. The number of halogens is 3. The number of ether oxygens (including phenoxy) is 1. The molecule has 8 heteroatoms. The van der Waals surface area contributed by atoms with E-state index in [0.29, 0.717) is 5.69 Å². The van der Waals surface area contributed by atoms with Gasteiger partial charge in [0, 0.05) is 18.0 Å². The van der Waals surface area contributed by atoms with E-state index in [0.717, 1.165) is 12.1 Å². The molecule has 1 aromatic carbocycles. The first-order valence-corrected chi connectivity index (χ1v) is 6.68. The number of carbonyl (C=O) groups excluding carboxylic acids is 1. The van der Waals surface area contributed by atoms with Gasteiger partial charge in [0.15, 0.2) is 11.6 Å². The number of alkyl halides is 2. The minimum absolute atomic E-state index is 0.106. The van der Waals surface area contributed by atoms with Crippen molar-refractivity contribution >= 4 is 11.7 Å². The van der Waals surface area contributed by atoms with E-state index in [2.05, 4.69) is 20.4 Å². The number of amides is 2. The SMILES string of the molecule is CC(NC(=O)Nc1ccc(OC(F)F)c(F)c1)c1ccccn1. The Hall–Kier alpha value is -2.77. The second-order valence-electron chi connectivity index (χ2n) is 4.60. The van der Waals surface area contributed by atoms with Crippen LogP contribution in [0.2, 0.25) is 0 Å². The van der Waals surface area contributed by atoms with E-state index in [4.69, 9.17) is 0 Å². The zero-order valence-corrected chi connectivity index (χ0v) is 12.1. The van der Waals surface area contributed by atoms with E-state index in [-0.39, 0.29) is 11.7 Å². The number of hydrogen-bond acceptors (Lipinski definition) is 3. The molecule has 0 saturated carbocycles. The highest BCUT2D eigenvalue weighted by atomic mass is 19.3. The van der Waals surface area contributed by atoms with Crippen LogP contribution in [-0.4, -0.2) is 17.6 Å². The van der Waals surface area contributed by atoms with Crippen molar-refractivity contribution in [2.45, 2.75) is 19.6 Å². The van der Waals surface area contributed by atoms with Gasteiger partial charge in [-0.3, -0.25) is 4.98 Å². The molecule has 0 bridgehead atoms. The molecule has 1 atom stereocenters. The first-order valence-electron chi connectivity index (χ1n) is 6.68. The standard InChI is InChI=1S/C15H14F3N3O2/c1-9(12-4-2-3-7-19-12)20-15(22)21-10-5-6-13(11(16)8-10)23-14(17)18/h2-9,14H,1H3,(H2,20,21,22). The van der Waals surface area contributed by atoms with Crippen LogP contribution in [-0.2, 0) is 0 Å². The second kappa shape index (κ2) is 7.48. The summed E-state index contributed by atoms with van der Waals surface area (Å²) in [6.07, 6.45) is 1.60. The number of pyridine rings is 1. The lowest BCUT2D eigenvalue weighted by Gasteiger charge is -2.14. The number of carbonyl (C=O) groups is 1. The highest BCUT2D eigenvalue weighted by Crippen LogP contribution is 2.22. The predicted molar refractivity (Wildman–Crippen MR) is 77.8 cm³/mol. The summed E-state index contributed by atoms with van der Waals surface area (Å²) in [5, 5.41) is 5.03. The van der Waals surface area contributed by atoms with Crippen LogP contribution in [0, 0.1) is 5.82 Å². The molecule has 0 fully saturated rings. The third-order valence-corrected chi connectivity index (χ3v) is 2.88. The maximum absolute atomic E-state index is 13.5. The highest BCUT2D eigenvalue weighted by Gasteiger charge is 2.13. The fourth-order valence-electron chi connectivity index (χ4n) is 1.84. The van der Waals surface area contributed by atoms with Gasteiger partial charge in [0.2, 0.25) is 0 Å². The number of nitrogens with zero attached hydrogens (tertiary/aromatic N) is 1. The molecule has 0 aliphatic carbocycles. The van der Waals surface area contributed by atoms with Crippen molar-refractivity contribution < 1.29 is 22.7 Å². The van der Waals surface area contributed by atoms with E-state index in [1.807, 2.05) is 0 Å². The summed E-state index contributed by atoms with van der Waals surface area (Å²) in [7, 11) is 0. The largest absolute Gasteiger partial charge is 0.432 e. The first kappa shape index (κ1) is 16.6. The lowest BCUT2D eigenvalue weighted by molar-refractivity contribution is -0.0521. The second-order valence-corrected chi connectivity index (χ2v) is 4.60. The van der Waals surface area contributed by atoms with E-state index in [1.165, 1.54) is 6.07 Å². The molecule has 1 unspecified atom stereocenters. The minimum atomic E-state index is -3.12. The van der Waals surface area contributed by atoms with E-state index in [9.17, 15) is 18.0 Å². The number of hydrogen-bond donors (Lipinski definition) is 2. The Labute approximate surface area is 130 Å². The third-order valence-electron chi connectivity index (χ3n) is 2.88. The molecular formula is C15H14F3N3O2. The van der Waals surface area contributed by atoms with Gasteiger partial charge in [-0.15, -0.1) is 0 Å². The number of nitrogens with one attached hydrogen (secondary N) is 2. The van der Waals surface area contributed by atoms with Crippen LogP contribution in [0.4, 0.5) is 23.7 Å². The molecule has 1 aromatic heterocycles. The van der Waals surface area contributed by atoms with Crippen LogP contribution >= 0.6 is 0 Å². The smallest absolute Gasteiger partial charge is 0.387 e. The Morgan fingerprint density at radius 1 is 1.26 bits per heavy atom. The number of anilines is 1. The lowest BCUT2D eigenvalue weighted by Crippen LogP contribution is -2.31. The maximum Gasteiger partial charge on any atom is 0.387 e. The highest BCUT2D eigenvalue weighted by molar-refractivity contribution is 5.89. The van der Waals surface area contributed by atoms with E-state index in [1.54, 1.807) is 31.3 Å². The molecule has 0 radical (unpaired) electrons. The quantitative estimate of drug-likeness (QED) is 0.881. The molecule has 2 N–H and O–H groups in total. The third kappa shape index (κ3) is 4.87. The summed E-state index contributed by atoms with van der Waals surface area (Å²) in [5.41, 5.74) is 0.768. The van der Waals surface area contributed by atoms with Crippen LogP contribution in [0.1, 0.15) is 18.7 Å². The first-order chi connectivity index (χ1) is 11.0. The van der Waals surface area contributed by atoms with Crippen LogP contribution in [0.3, 0.4) is 0 Å². The number of aromatic nitrogens is 1. The molecule has 2 amide bonds. The Morgan fingerprint density at radius 2 is 2.04 bits per heavy atom. The van der Waals surface area contributed by atoms with Crippen molar-refractivity contribution in [2.24, 2.45) is 0 Å². The van der Waals surface area contributed by atoms with Crippen molar-refractivity contribution in [3.8, 4) is 5.75 Å². The van der Waals surface area contributed by atoms with Crippen molar-refractivity contribution in [3.05, 3.63) is 54.1 Å². The molecule has 2 rings (SSSR count). The van der Waals surface area contributed by atoms with Crippen molar-refractivity contribution in [3.63, 3.8) is 0 Å². The molecule has 0 aliphatic heterocycles. The summed E-state index contributed by atoms with van der Waals surface area (Å²) in [5.74, 6) is -1.59. The van der Waals surface area contributed by atoms with Crippen LogP contribution in [0.25, 0.3) is 0 Å². The molecular weight excluding hydrogens is 311 g/mol. The van der Waals surface area contributed by atoms with Gasteiger partial charge in [-0.05, 0) is 31.2 Å². The molecule has 2 aromatic rings. The molecule has 5 nitrogen and oxygen atoms in total. The average molecular weight is 325 g/mol. The summed E-state index contributed by atoms with van der Waals surface area (Å²) in [6, 6.07) is 7.51. The molecule has 0 saturated heterocycles. The lowest BCUT2D eigenvalue weighted by atomic mass is 10.2. The van der Waals surface area contributed by atoms with Crippen LogP contribution in [0.15, 0.2) is 42.6 Å². The minimum Gasteiger partial charge on any atom is -0.432 e. The van der Waals surface area contributed by atoms with Gasteiger partial charge in [0.1, 0.15) is 0 Å². The molecule has 23 heavy (non-hydrogen) atoms. The van der Waals surface area contributed by atoms with Crippen molar-refractivity contribution in [1.29, 1.82) is 0 Å². The Bertz CT molecular complexity index is 668. The fourth-order valence-corrected chi connectivity index (χ4v) is 1.84. The van der Waals surface area contributed by atoms with Gasteiger partial charge in [0.05, 0.1) is 11.7 Å². The normalized spacial score (nSPS) is 11.9. The molecule has 1 heterocycles. The van der Waals surface area contributed by atoms with E-state index >= 15 is 0 Å². The van der Waals surface area contributed by atoms with Gasteiger partial charge < -0.3 is 15.4 Å². The van der Waals surface area contributed by atoms with Gasteiger partial charge in [-0.2, -0.15) is 8.78 Å². The zero-order chi connectivity index (χ0) is 16.8. The van der Waals surface area contributed by atoms with Gasteiger partial charge in [-0.25, -0.2) is 9.18 Å². The summed E-state index contributed by atoms with van der Waals surface area (Å²) in [4.78, 5) is 15.9. The molecule has 0 aliphatic rings. The monoisotopic (exact) mass is 325 g/mol. The van der Waals surface area contributed by atoms with Crippen molar-refractivity contribution in [1.82, 2.24) is 10.3 Å². The number of urea groups is 1. The summed E-state index contributed by atoms with van der Waals surface area (Å²) in [6.45, 7) is -1.38.